The third-order valence-corrected chi connectivity index (χ3v) is 12.3. The first kappa shape index (κ1) is 53.2. The fourth-order valence-corrected chi connectivity index (χ4v) is 8.33. The standard InChI is InChI=1S/C36H62O29/c1-7-27(62-33-26(53)21(48)28(8(2)57-33)63-34-22(49)17(44)13(40)9(3-37)59-34)20(47)25(52)32(56-7)55-6-12-15(42)19(46)24(51)36(61-12)65-30-29(16(43)11(5-39)58-31(30)54)64-35-23(50)18(45)14(41)10(4-38)60-35/h7-54H,3-6H2,1-2H3/t7-,8-,9+,10+,11+,12+,13+,14+,15+,16+,17-,18-,19-,20-,21-,22+,23+,24+,25+,26+,27-,28-,29-,30+,31+,32+,33-,34-,35-,36-/m0/s1. The summed E-state index contributed by atoms with van der Waals surface area (Å²) in [6, 6.07) is 0. The van der Waals surface area contributed by atoms with E-state index in [4.69, 9.17) is 52.1 Å². The van der Waals surface area contributed by atoms with Crippen molar-refractivity contribution in [2.75, 3.05) is 26.4 Å². The largest absolute Gasteiger partial charge is 0.394 e. The van der Waals surface area contributed by atoms with Crippen molar-refractivity contribution < 1.29 is 144 Å². The second kappa shape index (κ2) is 22.3. The van der Waals surface area contributed by atoms with E-state index >= 15 is 0 Å². The van der Waals surface area contributed by atoms with Gasteiger partial charge in [0.1, 0.15) is 134 Å². The summed E-state index contributed by atoms with van der Waals surface area (Å²) in [5, 5.41) is 189. The van der Waals surface area contributed by atoms with Crippen LogP contribution in [0.3, 0.4) is 0 Å². The molecular formula is C36H62O29. The number of hydrogen-bond acceptors (Lipinski definition) is 29. The summed E-state index contributed by atoms with van der Waals surface area (Å²) in [7, 11) is 0. The van der Waals surface area contributed by atoms with E-state index in [2.05, 4.69) is 0 Å². The van der Waals surface area contributed by atoms with E-state index in [0.717, 1.165) is 0 Å². The van der Waals surface area contributed by atoms with E-state index in [1.165, 1.54) is 13.8 Å². The minimum absolute atomic E-state index is 0.760. The van der Waals surface area contributed by atoms with Gasteiger partial charge in [-0.25, -0.2) is 0 Å². The van der Waals surface area contributed by atoms with Crippen LogP contribution in [-0.2, 0) is 52.1 Å². The molecule has 0 saturated carbocycles. The lowest BCUT2D eigenvalue weighted by molar-refractivity contribution is -0.391. The lowest BCUT2D eigenvalue weighted by atomic mass is 9.96. The Morgan fingerprint density at radius 1 is 0.308 bits per heavy atom. The zero-order valence-corrected chi connectivity index (χ0v) is 34.7. The highest BCUT2D eigenvalue weighted by atomic mass is 16.8. The predicted octanol–water partition coefficient (Wildman–Crippen LogP) is -12.0. The van der Waals surface area contributed by atoms with Crippen LogP contribution >= 0.6 is 0 Å². The fraction of sp³-hybridized carbons (Fsp3) is 1.00. The zero-order chi connectivity index (χ0) is 47.9. The molecule has 0 spiro atoms. The van der Waals surface area contributed by atoms with Crippen molar-refractivity contribution >= 4 is 0 Å². The summed E-state index contributed by atoms with van der Waals surface area (Å²) in [5.41, 5.74) is 0. The van der Waals surface area contributed by atoms with Gasteiger partial charge in [0.05, 0.1) is 38.6 Å². The molecule has 18 N–H and O–H groups in total. The molecule has 0 amide bonds. The summed E-state index contributed by atoms with van der Waals surface area (Å²) in [5.74, 6) is 0. The number of hydrogen-bond donors (Lipinski definition) is 18. The smallest absolute Gasteiger partial charge is 0.187 e. The van der Waals surface area contributed by atoms with Crippen molar-refractivity contribution in [3.8, 4) is 0 Å². The number of aliphatic hydroxyl groups is 18. The molecule has 6 aliphatic rings. The Morgan fingerprint density at radius 2 is 0.631 bits per heavy atom. The maximum absolute atomic E-state index is 11.1. The van der Waals surface area contributed by atoms with Gasteiger partial charge in [0.2, 0.25) is 0 Å². The number of ether oxygens (including phenoxy) is 11. The quantitative estimate of drug-likeness (QED) is 0.0768. The summed E-state index contributed by atoms with van der Waals surface area (Å²) in [6.07, 6.45) is -52.8. The van der Waals surface area contributed by atoms with Gasteiger partial charge < -0.3 is 144 Å². The van der Waals surface area contributed by atoms with E-state index < -0.39 is 211 Å². The summed E-state index contributed by atoms with van der Waals surface area (Å²) >= 11 is 0. The van der Waals surface area contributed by atoms with E-state index in [9.17, 15) is 91.9 Å². The van der Waals surface area contributed by atoms with Gasteiger partial charge in [0.25, 0.3) is 0 Å². The van der Waals surface area contributed by atoms with Crippen LogP contribution in [0.15, 0.2) is 0 Å². The SMILES string of the molecule is C[C@@H]1O[C@@H](O[C@@H]2[C@@H](O)[C@@H](O)[C@H](OC[C@H]3O[C@@H](O[C@@H]4[C@@H](O[C@@H]5O[C@H](CO)[C@@H](O)[C@H](O)[C@H]5O)[C@H](O)[C@@H](CO)O[C@H]4O)[C@H](O)[C@@H](O)[C@@H]3O)O[C@H]2C)[C@H](O)[C@H](O)[C@H]1O[C@@H]1O[C@H](CO)[C@@H](O)[C@H](O)[C@H]1O. The van der Waals surface area contributed by atoms with E-state index in [1.807, 2.05) is 0 Å². The fourth-order valence-electron chi connectivity index (χ4n) is 8.33. The predicted molar refractivity (Wildman–Crippen MR) is 196 cm³/mol. The lowest BCUT2D eigenvalue weighted by Gasteiger charge is -2.48. The number of rotatable bonds is 14. The van der Waals surface area contributed by atoms with E-state index in [1.54, 1.807) is 0 Å². The van der Waals surface area contributed by atoms with Crippen LogP contribution in [0.1, 0.15) is 13.8 Å². The highest BCUT2D eigenvalue weighted by molar-refractivity contribution is 4.98. The molecule has 6 heterocycles. The van der Waals surface area contributed by atoms with Crippen molar-refractivity contribution in [2.24, 2.45) is 0 Å². The van der Waals surface area contributed by atoms with Crippen molar-refractivity contribution in [3.63, 3.8) is 0 Å². The monoisotopic (exact) mass is 958 g/mol. The zero-order valence-electron chi connectivity index (χ0n) is 34.7. The van der Waals surface area contributed by atoms with Gasteiger partial charge in [0, 0.05) is 0 Å². The normalized spacial score (nSPS) is 54.6. The van der Waals surface area contributed by atoms with Gasteiger partial charge in [0.15, 0.2) is 37.7 Å². The molecule has 65 heavy (non-hydrogen) atoms. The molecule has 6 rings (SSSR count). The topological polar surface area (TPSA) is 466 Å². The maximum Gasteiger partial charge on any atom is 0.187 e. The minimum atomic E-state index is -2.11. The van der Waals surface area contributed by atoms with Crippen LogP contribution < -0.4 is 0 Å². The van der Waals surface area contributed by atoms with E-state index in [0.29, 0.717) is 0 Å². The molecule has 6 aliphatic heterocycles. The van der Waals surface area contributed by atoms with Crippen LogP contribution in [0, 0.1) is 0 Å². The Labute approximate surface area is 368 Å². The molecule has 29 nitrogen and oxygen atoms in total. The van der Waals surface area contributed by atoms with Gasteiger partial charge in [-0.2, -0.15) is 0 Å². The summed E-state index contributed by atoms with van der Waals surface area (Å²) < 4.78 is 61.2. The highest BCUT2D eigenvalue weighted by Crippen LogP contribution is 2.35. The average Bonchev–Trinajstić information content (AvgIpc) is 3.28. The summed E-state index contributed by atoms with van der Waals surface area (Å²) in [6.45, 7) is -0.545. The van der Waals surface area contributed by atoms with Gasteiger partial charge in [-0.3, -0.25) is 0 Å². The average molecular weight is 959 g/mol. The molecule has 29 heteroatoms. The van der Waals surface area contributed by atoms with E-state index in [-0.39, 0.29) is 0 Å². The maximum atomic E-state index is 11.1. The molecule has 0 bridgehead atoms. The van der Waals surface area contributed by atoms with Crippen molar-refractivity contribution in [1.29, 1.82) is 0 Å². The van der Waals surface area contributed by atoms with Gasteiger partial charge in [-0.1, -0.05) is 0 Å². The molecule has 0 aromatic heterocycles. The third-order valence-electron chi connectivity index (χ3n) is 12.3. The van der Waals surface area contributed by atoms with Crippen LogP contribution in [0.25, 0.3) is 0 Å². The van der Waals surface area contributed by atoms with Crippen molar-refractivity contribution in [2.45, 2.75) is 198 Å². The highest BCUT2D eigenvalue weighted by Gasteiger charge is 2.56. The van der Waals surface area contributed by atoms with Crippen LogP contribution in [0.2, 0.25) is 0 Å². The molecule has 0 unspecified atom stereocenters. The first-order valence-corrected chi connectivity index (χ1v) is 20.8. The minimum Gasteiger partial charge on any atom is -0.394 e. The molecule has 0 aromatic carbocycles. The second-order valence-corrected chi connectivity index (χ2v) is 16.8. The van der Waals surface area contributed by atoms with Crippen molar-refractivity contribution in [3.05, 3.63) is 0 Å². The molecular weight excluding hydrogens is 896 g/mol. The molecule has 6 saturated heterocycles. The van der Waals surface area contributed by atoms with Crippen molar-refractivity contribution in [1.82, 2.24) is 0 Å². The van der Waals surface area contributed by atoms with Gasteiger partial charge >= 0.3 is 0 Å². The molecule has 0 aliphatic carbocycles. The Bertz CT molecular complexity index is 1470. The van der Waals surface area contributed by atoms with Crippen LogP contribution in [-0.4, -0.2) is 303 Å². The van der Waals surface area contributed by atoms with Gasteiger partial charge in [-0.05, 0) is 13.8 Å². The molecule has 0 radical (unpaired) electrons. The first-order chi connectivity index (χ1) is 30.6. The molecule has 380 valence electrons. The molecule has 6 fully saturated rings. The number of aliphatic hydroxyl groups excluding tert-OH is 18. The van der Waals surface area contributed by atoms with Gasteiger partial charge in [-0.15, -0.1) is 0 Å². The van der Waals surface area contributed by atoms with Crippen LogP contribution in [0.5, 0.6) is 0 Å². The summed E-state index contributed by atoms with van der Waals surface area (Å²) in [4.78, 5) is 0. The second-order valence-electron chi connectivity index (χ2n) is 16.8. The molecule has 0 aromatic rings. The Kier molecular flexibility index (Phi) is 18.2. The Morgan fingerprint density at radius 3 is 1.08 bits per heavy atom. The Balaban J connectivity index is 1.06. The lowest BCUT2D eigenvalue weighted by Crippen LogP contribution is -2.67. The molecule has 30 atom stereocenters. The van der Waals surface area contributed by atoms with Crippen LogP contribution in [0.4, 0.5) is 0 Å². The first-order valence-electron chi connectivity index (χ1n) is 20.8. The Hall–Kier alpha value is -1.16. The third kappa shape index (κ3) is 10.9.